The molecule has 3 rings (SSSR count). The number of carboxylic acids is 1. The van der Waals surface area contributed by atoms with Crippen molar-refractivity contribution in [3.63, 3.8) is 0 Å². The monoisotopic (exact) mass is 480 g/mol. The summed E-state index contributed by atoms with van der Waals surface area (Å²) in [5.41, 5.74) is 4.09. The summed E-state index contributed by atoms with van der Waals surface area (Å²) in [6.07, 6.45) is -0.384. The molecule has 2 unspecified atom stereocenters. The van der Waals surface area contributed by atoms with E-state index >= 15 is 0 Å². The highest BCUT2D eigenvalue weighted by atomic mass is 16.5. The number of carbonyl (C=O) groups excluding carboxylic acids is 2. The molecule has 1 aliphatic carbocycles. The van der Waals surface area contributed by atoms with Crippen molar-refractivity contribution in [3.05, 3.63) is 59.7 Å². The van der Waals surface area contributed by atoms with E-state index < -0.39 is 29.4 Å². The quantitative estimate of drug-likeness (QED) is 0.453. The smallest absolute Gasteiger partial charge is 0.407 e. The molecule has 188 valence electrons. The van der Waals surface area contributed by atoms with E-state index in [0.717, 1.165) is 11.1 Å². The Morgan fingerprint density at radius 2 is 1.51 bits per heavy atom. The highest BCUT2D eigenvalue weighted by molar-refractivity contribution is 5.80. The molecule has 0 aromatic heterocycles. The maximum atomic E-state index is 12.5. The summed E-state index contributed by atoms with van der Waals surface area (Å²) in [6.45, 7) is 9.57. The summed E-state index contributed by atoms with van der Waals surface area (Å²) in [6, 6.07) is 15.8. The molecule has 2 amide bonds. The Balaban J connectivity index is 1.50. The van der Waals surface area contributed by atoms with Crippen LogP contribution in [0.1, 0.15) is 58.1 Å². The van der Waals surface area contributed by atoms with Gasteiger partial charge in [0, 0.05) is 24.9 Å². The van der Waals surface area contributed by atoms with Crippen molar-refractivity contribution in [1.82, 2.24) is 10.6 Å². The standard InChI is InChI=1S/C28H36N2O5/c1-17(2)25(26(32)33)18(3)30-24(31)14-28(4,5)16-29-27(34)35-15-23-21-12-8-6-10-19(21)20-11-7-9-13-22(20)23/h6-13,17-18,23,25H,14-16H2,1-5H3,(H,29,34)(H,30,31)(H,32,33). The van der Waals surface area contributed by atoms with E-state index in [1.165, 1.54) is 11.1 Å². The average Bonchev–Trinajstić information content (AvgIpc) is 3.09. The van der Waals surface area contributed by atoms with Gasteiger partial charge in [0.25, 0.3) is 0 Å². The Morgan fingerprint density at radius 3 is 2.03 bits per heavy atom. The predicted octanol–water partition coefficient (Wildman–Crippen LogP) is 4.80. The second-order valence-electron chi connectivity index (χ2n) is 10.5. The van der Waals surface area contributed by atoms with Crippen LogP contribution in [0.25, 0.3) is 11.1 Å². The van der Waals surface area contributed by atoms with E-state index in [-0.39, 0.29) is 37.3 Å². The summed E-state index contributed by atoms with van der Waals surface area (Å²) in [7, 11) is 0. The van der Waals surface area contributed by atoms with Crippen LogP contribution in [0.15, 0.2) is 48.5 Å². The molecule has 0 spiro atoms. The van der Waals surface area contributed by atoms with Gasteiger partial charge in [-0.2, -0.15) is 0 Å². The second-order valence-corrected chi connectivity index (χ2v) is 10.5. The highest BCUT2D eigenvalue weighted by Gasteiger charge is 2.32. The van der Waals surface area contributed by atoms with Gasteiger partial charge in [0.15, 0.2) is 0 Å². The first-order chi connectivity index (χ1) is 16.5. The summed E-state index contributed by atoms with van der Waals surface area (Å²) in [5, 5.41) is 15.0. The number of nitrogens with one attached hydrogen (secondary N) is 2. The van der Waals surface area contributed by atoms with Gasteiger partial charge in [0.1, 0.15) is 6.61 Å². The van der Waals surface area contributed by atoms with Crippen molar-refractivity contribution in [2.75, 3.05) is 13.2 Å². The lowest BCUT2D eigenvalue weighted by Gasteiger charge is -2.28. The molecular weight excluding hydrogens is 444 g/mol. The van der Waals surface area contributed by atoms with E-state index in [1.807, 2.05) is 52.0 Å². The number of amides is 2. The molecule has 0 saturated heterocycles. The van der Waals surface area contributed by atoms with E-state index in [4.69, 9.17) is 4.74 Å². The third-order valence-corrected chi connectivity index (χ3v) is 6.62. The number of fused-ring (bicyclic) bond motifs is 3. The van der Waals surface area contributed by atoms with Crippen LogP contribution in [0.3, 0.4) is 0 Å². The third kappa shape index (κ3) is 6.41. The lowest BCUT2D eigenvalue weighted by atomic mass is 9.87. The zero-order valence-corrected chi connectivity index (χ0v) is 21.1. The van der Waals surface area contributed by atoms with Gasteiger partial charge in [0.05, 0.1) is 5.92 Å². The first-order valence-electron chi connectivity index (χ1n) is 12.1. The van der Waals surface area contributed by atoms with E-state index in [9.17, 15) is 19.5 Å². The average molecular weight is 481 g/mol. The molecule has 2 aromatic carbocycles. The van der Waals surface area contributed by atoms with Crippen molar-refractivity contribution in [2.24, 2.45) is 17.3 Å². The molecule has 0 aliphatic heterocycles. The Bertz CT molecular complexity index is 1030. The van der Waals surface area contributed by atoms with Crippen LogP contribution in [0, 0.1) is 17.3 Å². The fraction of sp³-hybridized carbons (Fsp3) is 0.464. The Labute approximate surface area is 207 Å². The zero-order chi connectivity index (χ0) is 25.8. The molecule has 3 N–H and O–H groups in total. The minimum Gasteiger partial charge on any atom is -0.481 e. The van der Waals surface area contributed by atoms with Crippen LogP contribution in [-0.2, 0) is 14.3 Å². The largest absolute Gasteiger partial charge is 0.481 e. The first kappa shape index (κ1) is 26.3. The van der Waals surface area contributed by atoms with Crippen molar-refractivity contribution >= 4 is 18.0 Å². The number of benzene rings is 2. The lowest BCUT2D eigenvalue weighted by Crippen LogP contribution is -2.45. The van der Waals surface area contributed by atoms with Gasteiger partial charge in [-0.25, -0.2) is 4.79 Å². The molecule has 0 radical (unpaired) electrons. The number of hydrogen-bond acceptors (Lipinski definition) is 4. The van der Waals surface area contributed by atoms with Crippen LogP contribution in [-0.4, -0.2) is 42.3 Å². The Kier molecular flexibility index (Phi) is 8.20. The molecule has 0 bridgehead atoms. The van der Waals surface area contributed by atoms with Crippen LogP contribution in [0.2, 0.25) is 0 Å². The minimum absolute atomic E-state index is 0.0171. The molecule has 35 heavy (non-hydrogen) atoms. The molecule has 0 heterocycles. The Hall–Kier alpha value is -3.35. The van der Waals surface area contributed by atoms with E-state index in [0.29, 0.717) is 0 Å². The third-order valence-electron chi connectivity index (χ3n) is 6.62. The topological polar surface area (TPSA) is 105 Å². The van der Waals surface area contributed by atoms with Gasteiger partial charge in [-0.3, -0.25) is 9.59 Å². The molecule has 0 saturated carbocycles. The maximum absolute atomic E-state index is 12.5. The molecular formula is C28H36N2O5. The summed E-state index contributed by atoms with van der Waals surface area (Å²) in [5.74, 6) is -1.96. The fourth-order valence-corrected chi connectivity index (χ4v) is 4.93. The molecule has 7 nitrogen and oxygen atoms in total. The van der Waals surface area contributed by atoms with Crippen LogP contribution < -0.4 is 10.6 Å². The molecule has 2 atom stereocenters. The van der Waals surface area contributed by atoms with Crippen LogP contribution >= 0.6 is 0 Å². The number of rotatable bonds is 10. The van der Waals surface area contributed by atoms with Crippen molar-refractivity contribution in [3.8, 4) is 11.1 Å². The number of hydrogen-bond donors (Lipinski definition) is 3. The van der Waals surface area contributed by atoms with Gasteiger partial charge >= 0.3 is 12.1 Å². The summed E-state index contributed by atoms with van der Waals surface area (Å²) < 4.78 is 5.57. The molecule has 0 fully saturated rings. The number of carbonyl (C=O) groups is 3. The van der Waals surface area contributed by atoms with Gasteiger partial charge in [-0.1, -0.05) is 76.2 Å². The molecule has 1 aliphatic rings. The number of alkyl carbamates (subject to hydrolysis) is 1. The van der Waals surface area contributed by atoms with E-state index in [1.54, 1.807) is 6.92 Å². The van der Waals surface area contributed by atoms with Crippen molar-refractivity contribution < 1.29 is 24.2 Å². The molecule has 2 aromatic rings. The fourth-order valence-electron chi connectivity index (χ4n) is 4.93. The van der Waals surface area contributed by atoms with Crippen molar-refractivity contribution in [2.45, 2.75) is 53.0 Å². The summed E-state index contributed by atoms with van der Waals surface area (Å²) >= 11 is 0. The SMILES string of the molecule is CC(C)C(C(=O)O)C(C)NC(=O)CC(C)(C)CNC(=O)OCC1c2ccccc2-c2ccccc21. The molecule has 7 heteroatoms. The van der Waals surface area contributed by atoms with Gasteiger partial charge in [-0.05, 0) is 40.5 Å². The maximum Gasteiger partial charge on any atom is 0.407 e. The number of aliphatic carboxylic acids is 1. The normalized spacial score (nSPS) is 14.6. The van der Waals surface area contributed by atoms with E-state index in [2.05, 4.69) is 34.9 Å². The first-order valence-corrected chi connectivity index (χ1v) is 12.1. The predicted molar refractivity (Wildman–Crippen MR) is 135 cm³/mol. The van der Waals surface area contributed by atoms with Crippen LogP contribution in [0.4, 0.5) is 4.79 Å². The lowest BCUT2D eigenvalue weighted by molar-refractivity contribution is -0.144. The minimum atomic E-state index is -0.927. The number of ether oxygens (including phenoxy) is 1. The van der Waals surface area contributed by atoms with Crippen LogP contribution in [0.5, 0.6) is 0 Å². The summed E-state index contributed by atoms with van der Waals surface area (Å²) in [4.78, 5) is 36.5. The highest BCUT2D eigenvalue weighted by Crippen LogP contribution is 2.44. The zero-order valence-electron chi connectivity index (χ0n) is 21.1. The second kappa shape index (κ2) is 10.9. The van der Waals surface area contributed by atoms with Gasteiger partial charge in [0.2, 0.25) is 5.91 Å². The Morgan fingerprint density at radius 1 is 0.971 bits per heavy atom. The number of carboxylic acid groups (broad SMARTS) is 1. The van der Waals surface area contributed by atoms with Gasteiger partial charge < -0.3 is 20.5 Å². The van der Waals surface area contributed by atoms with Gasteiger partial charge in [-0.15, -0.1) is 0 Å². The van der Waals surface area contributed by atoms with Crippen molar-refractivity contribution in [1.29, 1.82) is 0 Å².